The predicted molar refractivity (Wildman–Crippen MR) is 106 cm³/mol. The van der Waals surface area contributed by atoms with Crippen LogP contribution in [0.2, 0.25) is 0 Å². The molecule has 1 atom stereocenters. The van der Waals surface area contributed by atoms with Gasteiger partial charge in [0.05, 0.1) is 5.92 Å². The molecule has 1 aromatic carbocycles. The van der Waals surface area contributed by atoms with Gasteiger partial charge in [0.1, 0.15) is 17.4 Å². The van der Waals surface area contributed by atoms with Gasteiger partial charge in [0.2, 0.25) is 5.88 Å². The molecule has 0 aromatic heterocycles. The molecule has 1 aliphatic carbocycles. The van der Waals surface area contributed by atoms with Crippen LogP contribution in [-0.2, 0) is 9.53 Å². The van der Waals surface area contributed by atoms with Crippen LogP contribution in [0, 0.1) is 16.7 Å². The molecule has 1 unspecified atom stereocenters. The van der Waals surface area contributed by atoms with Gasteiger partial charge in [-0.1, -0.05) is 26.0 Å². The summed E-state index contributed by atoms with van der Waals surface area (Å²) in [6.45, 7) is 10.2. The van der Waals surface area contributed by atoms with E-state index in [0.29, 0.717) is 29.7 Å². The van der Waals surface area contributed by atoms with Crippen LogP contribution in [0.5, 0.6) is 0 Å². The van der Waals surface area contributed by atoms with Crippen LogP contribution < -0.4 is 10.6 Å². The average molecular weight is 365 g/mol. The Morgan fingerprint density at radius 1 is 1.22 bits per heavy atom. The first-order chi connectivity index (χ1) is 12.8. The summed E-state index contributed by atoms with van der Waals surface area (Å²) in [5.41, 5.74) is 8.82. The normalized spacial score (nSPS) is 21.4. The van der Waals surface area contributed by atoms with Crippen LogP contribution in [-0.4, -0.2) is 18.9 Å². The average Bonchev–Trinajstić information content (AvgIpc) is 2.61. The van der Waals surface area contributed by atoms with Crippen molar-refractivity contribution in [3.05, 3.63) is 52.6 Å². The summed E-state index contributed by atoms with van der Waals surface area (Å²) < 4.78 is 5.73. The van der Waals surface area contributed by atoms with Gasteiger partial charge >= 0.3 is 0 Å². The zero-order valence-electron chi connectivity index (χ0n) is 16.5. The Labute approximate surface area is 161 Å². The topological polar surface area (TPSA) is 79.3 Å². The second-order valence-corrected chi connectivity index (χ2v) is 7.97. The van der Waals surface area contributed by atoms with Crippen molar-refractivity contribution >= 4 is 11.5 Å². The first-order valence-electron chi connectivity index (χ1n) is 9.50. The summed E-state index contributed by atoms with van der Waals surface area (Å²) in [6.07, 6.45) is 1.09. The molecule has 0 radical (unpaired) electrons. The SMILES string of the molecule is CCN(CC)c1ccc(C2C(C#N)=C(N)OC3=C2C(=O)CC(C)(C)C3)cc1. The molecule has 27 heavy (non-hydrogen) atoms. The quantitative estimate of drug-likeness (QED) is 0.873. The Hall–Kier alpha value is -2.74. The minimum Gasteiger partial charge on any atom is -0.444 e. The first-order valence-corrected chi connectivity index (χ1v) is 9.50. The molecular formula is C22H27N3O2. The number of nitrogens with two attached hydrogens (primary N) is 1. The van der Waals surface area contributed by atoms with Gasteiger partial charge in [-0.25, -0.2) is 0 Å². The van der Waals surface area contributed by atoms with Crippen LogP contribution >= 0.6 is 0 Å². The van der Waals surface area contributed by atoms with Gasteiger partial charge in [-0.3, -0.25) is 4.79 Å². The molecule has 5 nitrogen and oxygen atoms in total. The predicted octanol–water partition coefficient (Wildman–Crippen LogP) is 3.98. The maximum absolute atomic E-state index is 12.9. The minimum atomic E-state index is -0.451. The van der Waals surface area contributed by atoms with E-state index in [1.54, 1.807) is 0 Å². The molecular weight excluding hydrogens is 338 g/mol. The maximum atomic E-state index is 12.9. The number of hydrogen-bond acceptors (Lipinski definition) is 5. The Morgan fingerprint density at radius 2 is 1.85 bits per heavy atom. The molecule has 5 heteroatoms. The zero-order valence-corrected chi connectivity index (χ0v) is 16.5. The zero-order chi connectivity index (χ0) is 19.8. The highest BCUT2D eigenvalue weighted by Gasteiger charge is 2.42. The largest absolute Gasteiger partial charge is 0.444 e. The van der Waals surface area contributed by atoms with E-state index in [9.17, 15) is 10.1 Å². The van der Waals surface area contributed by atoms with Crippen molar-refractivity contribution in [1.82, 2.24) is 0 Å². The molecule has 0 saturated carbocycles. The fourth-order valence-electron chi connectivity index (χ4n) is 4.08. The number of nitriles is 1. The lowest BCUT2D eigenvalue weighted by molar-refractivity contribution is -0.119. The van der Waals surface area contributed by atoms with E-state index in [1.165, 1.54) is 0 Å². The van der Waals surface area contributed by atoms with E-state index >= 15 is 0 Å². The summed E-state index contributed by atoms with van der Waals surface area (Å²) in [6, 6.07) is 10.2. The molecule has 2 aliphatic rings. The van der Waals surface area contributed by atoms with Crippen molar-refractivity contribution in [2.45, 2.75) is 46.5 Å². The number of anilines is 1. The second kappa shape index (κ2) is 7.11. The Bertz CT molecular complexity index is 853. The van der Waals surface area contributed by atoms with Gasteiger partial charge < -0.3 is 15.4 Å². The van der Waals surface area contributed by atoms with Crippen molar-refractivity contribution < 1.29 is 9.53 Å². The van der Waals surface area contributed by atoms with E-state index in [1.807, 2.05) is 38.1 Å². The van der Waals surface area contributed by atoms with Crippen molar-refractivity contribution in [3.63, 3.8) is 0 Å². The first kappa shape index (κ1) is 19.0. The molecule has 1 aliphatic heterocycles. The third kappa shape index (κ3) is 3.44. The van der Waals surface area contributed by atoms with Crippen LogP contribution in [0.3, 0.4) is 0 Å². The van der Waals surface area contributed by atoms with Gasteiger partial charge in [-0.05, 0) is 37.0 Å². The number of benzene rings is 1. The summed E-state index contributed by atoms with van der Waals surface area (Å²) in [7, 11) is 0. The monoisotopic (exact) mass is 365 g/mol. The van der Waals surface area contributed by atoms with E-state index in [2.05, 4.69) is 24.8 Å². The highest BCUT2D eigenvalue weighted by atomic mass is 16.5. The number of hydrogen-bond donors (Lipinski definition) is 1. The van der Waals surface area contributed by atoms with Gasteiger partial charge in [0, 0.05) is 37.2 Å². The number of nitrogens with zero attached hydrogens (tertiary/aromatic N) is 2. The van der Waals surface area contributed by atoms with Crippen LogP contribution in [0.15, 0.2) is 47.1 Å². The van der Waals surface area contributed by atoms with E-state index in [-0.39, 0.29) is 17.1 Å². The van der Waals surface area contributed by atoms with Crippen molar-refractivity contribution in [2.24, 2.45) is 11.1 Å². The lowest BCUT2D eigenvalue weighted by atomic mass is 9.70. The second-order valence-electron chi connectivity index (χ2n) is 7.97. The molecule has 0 bridgehead atoms. The molecule has 1 heterocycles. The number of carbonyl (C=O) groups is 1. The molecule has 2 N–H and O–H groups in total. The number of Topliss-reactive ketones (excluding diaryl/α,β-unsaturated/α-hetero) is 1. The molecule has 1 aromatic rings. The number of carbonyl (C=O) groups excluding carboxylic acids is 1. The summed E-state index contributed by atoms with van der Waals surface area (Å²) >= 11 is 0. The lowest BCUT2D eigenvalue weighted by Gasteiger charge is -2.37. The Balaban J connectivity index is 2.07. The number of ketones is 1. The molecule has 0 amide bonds. The smallest absolute Gasteiger partial charge is 0.205 e. The summed E-state index contributed by atoms with van der Waals surface area (Å²) in [4.78, 5) is 15.2. The van der Waals surface area contributed by atoms with Gasteiger partial charge in [0.15, 0.2) is 5.78 Å². The molecule has 0 saturated heterocycles. The van der Waals surface area contributed by atoms with Crippen LogP contribution in [0.4, 0.5) is 5.69 Å². The molecule has 0 spiro atoms. The highest BCUT2D eigenvalue weighted by Crippen LogP contribution is 2.47. The van der Waals surface area contributed by atoms with Crippen molar-refractivity contribution in [2.75, 3.05) is 18.0 Å². The third-order valence-electron chi connectivity index (χ3n) is 5.43. The lowest BCUT2D eigenvalue weighted by Crippen LogP contribution is -2.33. The van der Waals surface area contributed by atoms with Gasteiger partial charge in [-0.2, -0.15) is 5.26 Å². The summed E-state index contributed by atoms with van der Waals surface area (Å²) in [5.74, 6) is 0.317. The van der Waals surface area contributed by atoms with E-state index < -0.39 is 5.92 Å². The molecule has 142 valence electrons. The van der Waals surface area contributed by atoms with Gasteiger partial charge in [-0.15, -0.1) is 0 Å². The maximum Gasteiger partial charge on any atom is 0.205 e. The minimum absolute atomic E-state index is 0.0410. The van der Waals surface area contributed by atoms with E-state index in [4.69, 9.17) is 10.5 Å². The van der Waals surface area contributed by atoms with E-state index in [0.717, 1.165) is 24.3 Å². The number of rotatable bonds is 4. The highest BCUT2D eigenvalue weighted by molar-refractivity contribution is 6.00. The summed E-state index contributed by atoms with van der Waals surface area (Å²) in [5, 5.41) is 9.68. The molecule has 0 fully saturated rings. The van der Waals surface area contributed by atoms with Crippen molar-refractivity contribution in [3.8, 4) is 6.07 Å². The fourth-order valence-corrected chi connectivity index (χ4v) is 4.08. The fraction of sp³-hybridized carbons (Fsp3) is 0.455. The van der Waals surface area contributed by atoms with Gasteiger partial charge in [0.25, 0.3) is 0 Å². The number of allylic oxidation sites excluding steroid dienone is 3. The molecule has 3 rings (SSSR count). The van der Waals surface area contributed by atoms with Crippen LogP contribution in [0.25, 0.3) is 0 Å². The standard InChI is InChI=1S/C22H27N3O2/c1-5-25(6-2)15-9-7-14(8-10-15)19-16(13-23)21(24)27-18-12-22(3,4)11-17(26)20(18)19/h7-10,19H,5-6,11-12,24H2,1-4H3. The third-order valence-corrected chi connectivity index (χ3v) is 5.43. The van der Waals surface area contributed by atoms with Crippen molar-refractivity contribution in [1.29, 1.82) is 5.26 Å². The Morgan fingerprint density at radius 3 is 2.41 bits per heavy atom. The van der Waals surface area contributed by atoms with Crippen LogP contribution in [0.1, 0.15) is 52.0 Å². The number of ether oxygens (including phenoxy) is 1. The Kier molecular flexibility index (Phi) is 5.01.